The maximum atomic E-state index is 15.7. The third-order valence-electron chi connectivity index (χ3n) is 8.92. The minimum atomic E-state index is -0.518. The van der Waals surface area contributed by atoms with Gasteiger partial charge >= 0.3 is 5.69 Å². The molecule has 9 nitrogen and oxygen atoms in total. The first-order valence-corrected chi connectivity index (χ1v) is 16.3. The molecule has 1 aromatic carbocycles. The van der Waals surface area contributed by atoms with Crippen LogP contribution in [0.25, 0.3) is 28.1 Å². The molecule has 2 atom stereocenters. The van der Waals surface area contributed by atoms with Gasteiger partial charge in [-0.05, 0) is 37.4 Å². The number of carbonyl (C=O) groups excluding carboxylic acids is 1. The number of fused-ring (bicyclic) bond motifs is 2. The van der Waals surface area contributed by atoms with Crippen LogP contribution in [0, 0.1) is 11.7 Å². The molecule has 6 rings (SSSR count). The summed E-state index contributed by atoms with van der Waals surface area (Å²) in [4.78, 5) is 30.0. The third kappa shape index (κ3) is 5.30. The number of aromatic nitrogens is 6. The number of hydrogen-bond donors (Lipinski definition) is 0. The molecule has 2 unspecified atom stereocenters. The van der Waals surface area contributed by atoms with Crippen molar-refractivity contribution in [1.82, 2.24) is 33.6 Å². The number of amides is 1. The summed E-state index contributed by atoms with van der Waals surface area (Å²) in [7, 11) is 1.75. The highest BCUT2D eigenvalue weighted by molar-refractivity contribution is 14.1. The van der Waals surface area contributed by atoms with Gasteiger partial charge in [0, 0.05) is 43.9 Å². The molecule has 1 fully saturated rings. The van der Waals surface area contributed by atoms with E-state index in [1.165, 1.54) is 15.3 Å². The number of imidazole rings is 1. The first kappa shape index (κ1) is 30.4. The van der Waals surface area contributed by atoms with Gasteiger partial charge in [0.1, 0.15) is 5.82 Å². The van der Waals surface area contributed by atoms with Gasteiger partial charge in [-0.3, -0.25) is 18.6 Å². The second-order valence-electron chi connectivity index (χ2n) is 11.4. The molecule has 0 bridgehead atoms. The highest BCUT2D eigenvalue weighted by Gasteiger charge is 2.36. The maximum absolute atomic E-state index is 15.7. The number of carbonyl (C=O) groups is 1. The lowest BCUT2D eigenvalue weighted by molar-refractivity contribution is -0.136. The van der Waals surface area contributed by atoms with Crippen LogP contribution in [0.5, 0.6) is 0 Å². The smallest absolute Gasteiger partial charge is 0.338 e. The number of benzene rings is 1. The number of rotatable bonds is 7. The zero-order valence-electron chi connectivity index (χ0n) is 25.0. The Labute approximate surface area is 269 Å². The molecule has 1 aliphatic heterocycles. The Morgan fingerprint density at radius 2 is 1.98 bits per heavy atom. The van der Waals surface area contributed by atoms with Crippen molar-refractivity contribution in [2.75, 3.05) is 6.54 Å². The fourth-order valence-electron chi connectivity index (χ4n) is 6.55. The van der Waals surface area contributed by atoms with Crippen LogP contribution in [0.4, 0.5) is 4.39 Å². The van der Waals surface area contributed by atoms with Gasteiger partial charge < -0.3 is 4.90 Å². The largest absolute Gasteiger partial charge is 0.338 e. The number of nitrogens with zero attached hydrogens (tertiary/aromatic N) is 7. The Hall–Kier alpha value is -3.68. The van der Waals surface area contributed by atoms with E-state index in [0.29, 0.717) is 36.2 Å². The molecule has 44 heavy (non-hydrogen) atoms. The van der Waals surface area contributed by atoms with E-state index < -0.39 is 11.5 Å². The van der Waals surface area contributed by atoms with E-state index in [4.69, 9.17) is 5.10 Å². The van der Waals surface area contributed by atoms with Crippen LogP contribution in [0.2, 0.25) is 5.82 Å². The number of halogens is 2. The molecule has 1 radical (unpaired) electrons. The van der Waals surface area contributed by atoms with Gasteiger partial charge in [0.25, 0.3) is 0 Å². The fourth-order valence-corrected chi connectivity index (χ4v) is 7.41. The molecule has 12 heteroatoms. The van der Waals surface area contributed by atoms with Crippen LogP contribution in [-0.4, -0.2) is 51.2 Å². The van der Waals surface area contributed by atoms with E-state index in [9.17, 15) is 9.59 Å². The second-order valence-corrected chi connectivity index (χ2v) is 12.2. The van der Waals surface area contributed by atoms with Gasteiger partial charge in [0.2, 0.25) is 11.0 Å². The minimum absolute atomic E-state index is 0.0368. The molecule has 1 amide bonds. The highest BCUT2D eigenvalue weighted by Crippen LogP contribution is 2.37. The third-order valence-corrected chi connectivity index (χ3v) is 9.84. The van der Waals surface area contributed by atoms with Crippen molar-refractivity contribution in [2.24, 2.45) is 13.0 Å². The summed E-state index contributed by atoms with van der Waals surface area (Å²) < 4.78 is 21.8. The quantitative estimate of drug-likeness (QED) is 0.106. The molecule has 1 saturated carbocycles. The Bertz CT molecular complexity index is 1850. The van der Waals surface area contributed by atoms with Crippen molar-refractivity contribution >= 4 is 50.0 Å². The van der Waals surface area contributed by atoms with Crippen molar-refractivity contribution in [1.29, 1.82) is 0 Å². The first-order chi connectivity index (χ1) is 21.4. The summed E-state index contributed by atoms with van der Waals surface area (Å²) in [6, 6.07) is 3.35. The van der Waals surface area contributed by atoms with E-state index in [2.05, 4.69) is 39.2 Å². The van der Waals surface area contributed by atoms with E-state index >= 15 is 4.39 Å². The van der Waals surface area contributed by atoms with E-state index in [1.54, 1.807) is 47.0 Å². The van der Waals surface area contributed by atoms with Crippen LogP contribution < -0.4 is 5.69 Å². The van der Waals surface area contributed by atoms with Gasteiger partial charge in [0.05, 0.1) is 40.7 Å². The average Bonchev–Trinajstić information content (AvgIpc) is 3.65. The average molecular weight is 706 g/mol. The lowest BCUT2D eigenvalue weighted by atomic mass is 9.72. The molecule has 0 spiro atoms. The van der Waals surface area contributed by atoms with Gasteiger partial charge in [-0.15, -0.1) is 0 Å². The predicted octanol–water partition coefficient (Wildman–Crippen LogP) is 5.76. The fraction of sp³-hybridized carbons (Fsp3) is 0.375. The summed E-state index contributed by atoms with van der Waals surface area (Å²) in [5.41, 5.74) is 2.75. The second kappa shape index (κ2) is 12.7. The van der Waals surface area contributed by atoms with E-state index in [-0.39, 0.29) is 23.3 Å². The van der Waals surface area contributed by atoms with Gasteiger partial charge in [-0.25, -0.2) is 13.9 Å². The Balaban J connectivity index is 1.45. The summed E-state index contributed by atoms with van der Waals surface area (Å²) in [5, 5.41) is 11.6. The number of aryl methyl sites for hydroxylation is 1. The molecule has 227 valence electrons. The molecule has 0 N–H and O–H groups in total. The van der Waals surface area contributed by atoms with Crippen LogP contribution in [0.15, 0.2) is 66.4 Å². The SMILES string of the molecule is C=C/C=C\C(=C/C)n1nc2c(c1-n1ccn(-c3ccc4c(cnn4C)c3F)c1=O)CN(C(=O)C1CCCCCC1[B]I)CC2. The first-order valence-electron chi connectivity index (χ1n) is 15.1. The molecule has 3 aromatic heterocycles. The Morgan fingerprint density at radius 1 is 1.18 bits per heavy atom. The monoisotopic (exact) mass is 706 g/mol. The number of hydrogen-bond acceptors (Lipinski definition) is 4. The summed E-state index contributed by atoms with van der Waals surface area (Å²) >= 11 is 2.30. The molecular formula is C32H35BFIN7O2. The standard InChI is InChI=1S/C32H35BFIN7O2/c1-4-6-10-21(5-2)42-30(41-18-17-40(32(41)44)28-14-13-27-23(29(28)34)19-36-38(27)3)24-20-39(16-15-26(24)37-42)31(43)22-11-8-7-9-12-25(22)33-35/h4-6,10,13-14,17-19,22,25H,1,7-9,11-12,15-16,20H2,2-3H3/b10-6-,21-5+. The maximum Gasteiger partial charge on any atom is 0.338 e. The van der Waals surface area contributed by atoms with Gasteiger partial charge in [-0.1, -0.05) is 50.5 Å². The lowest BCUT2D eigenvalue weighted by Gasteiger charge is -2.32. The van der Waals surface area contributed by atoms with Crippen molar-refractivity contribution in [3.8, 4) is 11.5 Å². The van der Waals surface area contributed by atoms with E-state index in [1.807, 2.05) is 30.1 Å². The summed E-state index contributed by atoms with van der Waals surface area (Å²) in [6.45, 7) is 6.62. The lowest BCUT2D eigenvalue weighted by Crippen LogP contribution is -2.41. The Kier molecular flexibility index (Phi) is 8.79. The van der Waals surface area contributed by atoms with Crippen LogP contribution >= 0.6 is 22.4 Å². The molecule has 4 heterocycles. The topological polar surface area (TPSA) is 82.9 Å². The van der Waals surface area contributed by atoms with Crippen LogP contribution in [-0.2, 0) is 24.8 Å². The van der Waals surface area contributed by atoms with Crippen LogP contribution in [0.3, 0.4) is 0 Å². The molecule has 0 saturated heterocycles. The zero-order valence-corrected chi connectivity index (χ0v) is 27.2. The van der Waals surface area contributed by atoms with E-state index in [0.717, 1.165) is 49.1 Å². The number of allylic oxidation sites excluding steroid dienone is 5. The van der Waals surface area contributed by atoms with Gasteiger partial charge in [0.15, 0.2) is 5.82 Å². The highest BCUT2D eigenvalue weighted by atomic mass is 127. The minimum Gasteiger partial charge on any atom is -0.338 e. The zero-order chi connectivity index (χ0) is 31.0. The summed E-state index contributed by atoms with van der Waals surface area (Å²) in [6.07, 6.45) is 17.8. The van der Waals surface area contributed by atoms with Gasteiger partial charge in [-0.2, -0.15) is 32.6 Å². The van der Waals surface area contributed by atoms with Crippen LogP contribution in [0.1, 0.15) is 50.3 Å². The molecule has 2 aliphatic rings. The van der Waals surface area contributed by atoms with Crippen molar-refractivity contribution in [3.05, 3.63) is 89.2 Å². The normalized spacial score (nSPS) is 19.4. The molecule has 1 aliphatic carbocycles. The Morgan fingerprint density at radius 3 is 2.75 bits per heavy atom. The van der Waals surface area contributed by atoms with Crippen molar-refractivity contribution < 1.29 is 9.18 Å². The predicted molar refractivity (Wildman–Crippen MR) is 180 cm³/mol. The van der Waals surface area contributed by atoms with Crippen molar-refractivity contribution in [3.63, 3.8) is 0 Å². The molecular weight excluding hydrogens is 671 g/mol. The molecule has 4 aromatic rings. The summed E-state index contributed by atoms with van der Waals surface area (Å²) in [5.74, 6) is 0.421. The van der Waals surface area contributed by atoms with Crippen molar-refractivity contribution in [2.45, 2.75) is 57.8 Å².